The Morgan fingerprint density at radius 3 is 2.60 bits per heavy atom. The van der Waals surface area contributed by atoms with Crippen molar-refractivity contribution in [2.45, 2.75) is 13.2 Å². The first kappa shape index (κ1) is 19.3. The largest absolute Gasteiger partial charge is 0.455 e. The van der Waals surface area contributed by atoms with E-state index in [2.05, 4.69) is 15.6 Å². The Morgan fingerprint density at radius 2 is 1.77 bits per heavy atom. The molecule has 0 atom stereocenters. The molecule has 8 heteroatoms. The SMILES string of the molecule is O=C(Cn1cc(COC(=O)c2ccc(F)cc2)nn1)Nc1cccc2ccccc12. The molecule has 30 heavy (non-hydrogen) atoms. The fraction of sp³-hybridized carbons (Fsp3) is 0.0909. The molecule has 0 aliphatic rings. The first-order valence-corrected chi connectivity index (χ1v) is 9.18. The van der Waals surface area contributed by atoms with Gasteiger partial charge in [-0.15, -0.1) is 5.10 Å². The number of amides is 1. The third kappa shape index (κ3) is 4.49. The number of rotatable bonds is 6. The second kappa shape index (κ2) is 8.52. The Kier molecular flexibility index (Phi) is 5.47. The molecule has 4 aromatic rings. The highest BCUT2D eigenvalue weighted by atomic mass is 19.1. The summed E-state index contributed by atoms with van der Waals surface area (Å²) in [6.45, 7) is -0.150. The van der Waals surface area contributed by atoms with E-state index in [-0.39, 0.29) is 24.6 Å². The van der Waals surface area contributed by atoms with Crippen molar-refractivity contribution in [3.05, 3.63) is 90.0 Å². The van der Waals surface area contributed by atoms with Gasteiger partial charge in [0.1, 0.15) is 24.7 Å². The molecule has 0 bridgehead atoms. The van der Waals surface area contributed by atoms with E-state index in [0.29, 0.717) is 11.4 Å². The van der Waals surface area contributed by atoms with Crippen LogP contribution < -0.4 is 5.32 Å². The Labute approximate surface area is 171 Å². The molecule has 150 valence electrons. The lowest BCUT2D eigenvalue weighted by Gasteiger charge is -2.08. The van der Waals surface area contributed by atoms with Crippen molar-refractivity contribution in [1.82, 2.24) is 15.0 Å². The third-order valence-electron chi connectivity index (χ3n) is 4.39. The highest BCUT2D eigenvalue weighted by Crippen LogP contribution is 2.22. The molecule has 1 aromatic heterocycles. The molecule has 0 saturated heterocycles. The van der Waals surface area contributed by atoms with E-state index in [1.165, 1.54) is 35.1 Å². The van der Waals surface area contributed by atoms with Crippen LogP contribution in [0.4, 0.5) is 10.1 Å². The highest BCUT2D eigenvalue weighted by Gasteiger charge is 2.11. The summed E-state index contributed by atoms with van der Waals surface area (Å²) < 4.78 is 19.4. The topological polar surface area (TPSA) is 86.1 Å². The maximum Gasteiger partial charge on any atom is 0.338 e. The van der Waals surface area contributed by atoms with E-state index in [1.807, 2.05) is 42.5 Å². The van der Waals surface area contributed by atoms with Gasteiger partial charge in [0.05, 0.1) is 11.8 Å². The van der Waals surface area contributed by atoms with Crippen molar-refractivity contribution in [3.63, 3.8) is 0 Å². The van der Waals surface area contributed by atoms with Crippen molar-refractivity contribution < 1.29 is 18.7 Å². The molecule has 0 aliphatic heterocycles. The Balaban J connectivity index is 1.34. The Morgan fingerprint density at radius 1 is 1.00 bits per heavy atom. The number of nitrogens with zero attached hydrogens (tertiary/aromatic N) is 3. The summed E-state index contributed by atoms with van der Waals surface area (Å²) in [6.07, 6.45) is 1.53. The average Bonchev–Trinajstić information content (AvgIpc) is 3.20. The zero-order valence-electron chi connectivity index (χ0n) is 15.8. The summed E-state index contributed by atoms with van der Waals surface area (Å²) in [6, 6.07) is 18.5. The van der Waals surface area contributed by atoms with Crippen LogP contribution in [0, 0.1) is 5.82 Å². The number of fused-ring (bicyclic) bond motifs is 1. The Hall–Kier alpha value is -4.07. The van der Waals surface area contributed by atoms with Gasteiger partial charge in [0, 0.05) is 11.1 Å². The fourth-order valence-corrected chi connectivity index (χ4v) is 2.96. The molecule has 1 amide bonds. The minimum Gasteiger partial charge on any atom is -0.455 e. The standard InChI is InChI=1S/C22H17FN4O3/c23-17-10-8-16(9-11-17)22(29)30-14-18-12-27(26-25-18)13-21(28)24-20-7-3-5-15-4-1-2-6-19(15)20/h1-12H,13-14H2,(H,24,28). The van der Waals surface area contributed by atoms with Crippen molar-refractivity contribution in [2.75, 3.05) is 5.32 Å². The quantitative estimate of drug-likeness (QED) is 0.497. The van der Waals surface area contributed by atoms with Crippen molar-refractivity contribution >= 4 is 28.3 Å². The molecule has 0 radical (unpaired) electrons. The molecule has 0 aliphatic carbocycles. The maximum atomic E-state index is 12.9. The van der Waals surface area contributed by atoms with Crippen LogP contribution in [0.15, 0.2) is 72.9 Å². The normalized spacial score (nSPS) is 10.7. The molecule has 0 saturated carbocycles. The predicted octanol–water partition coefficient (Wildman–Crippen LogP) is 3.57. The number of halogens is 1. The van der Waals surface area contributed by atoms with Crippen LogP contribution in [0.25, 0.3) is 10.8 Å². The van der Waals surface area contributed by atoms with Gasteiger partial charge in [0.25, 0.3) is 0 Å². The van der Waals surface area contributed by atoms with E-state index in [1.54, 1.807) is 0 Å². The first-order chi connectivity index (χ1) is 14.6. The number of ether oxygens (including phenoxy) is 1. The second-order valence-corrected chi connectivity index (χ2v) is 6.57. The van der Waals surface area contributed by atoms with Gasteiger partial charge in [-0.2, -0.15) is 0 Å². The highest BCUT2D eigenvalue weighted by molar-refractivity contribution is 6.02. The third-order valence-corrected chi connectivity index (χ3v) is 4.39. The van der Waals surface area contributed by atoms with E-state index >= 15 is 0 Å². The summed E-state index contributed by atoms with van der Waals surface area (Å²) in [5.41, 5.74) is 1.34. The van der Waals surface area contributed by atoms with Crippen molar-refractivity contribution in [1.29, 1.82) is 0 Å². The number of anilines is 1. The van der Waals surface area contributed by atoms with Crippen LogP contribution in [0.3, 0.4) is 0 Å². The lowest BCUT2D eigenvalue weighted by Crippen LogP contribution is -2.19. The van der Waals surface area contributed by atoms with Crippen LogP contribution in [-0.4, -0.2) is 26.9 Å². The Bertz CT molecular complexity index is 1200. The number of esters is 1. The molecular weight excluding hydrogens is 387 g/mol. The number of carbonyl (C=O) groups is 2. The zero-order chi connectivity index (χ0) is 20.9. The zero-order valence-corrected chi connectivity index (χ0v) is 15.8. The van der Waals surface area contributed by atoms with Gasteiger partial charge in [0.15, 0.2) is 0 Å². The van der Waals surface area contributed by atoms with Gasteiger partial charge in [-0.25, -0.2) is 13.9 Å². The molecule has 1 N–H and O–H groups in total. The van der Waals surface area contributed by atoms with Crippen LogP contribution in [-0.2, 0) is 22.7 Å². The number of nitrogens with one attached hydrogen (secondary N) is 1. The monoisotopic (exact) mass is 404 g/mol. The smallest absolute Gasteiger partial charge is 0.338 e. The van der Waals surface area contributed by atoms with Crippen molar-refractivity contribution in [3.8, 4) is 0 Å². The molecule has 0 spiro atoms. The van der Waals surface area contributed by atoms with Gasteiger partial charge in [0.2, 0.25) is 5.91 Å². The number of carbonyl (C=O) groups excluding carboxylic acids is 2. The minimum atomic E-state index is -0.599. The van der Waals surface area contributed by atoms with Gasteiger partial charge < -0.3 is 10.1 Å². The summed E-state index contributed by atoms with van der Waals surface area (Å²) >= 11 is 0. The molecular formula is C22H17FN4O3. The summed E-state index contributed by atoms with van der Waals surface area (Å²) in [5.74, 6) is -1.29. The molecule has 1 heterocycles. The van der Waals surface area contributed by atoms with E-state index in [0.717, 1.165) is 10.8 Å². The number of aromatic nitrogens is 3. The first-order valence-electron chi connectivity index (χ1n) is 9.18. The summed E-state index contributed by atoms with van der Waals surface area (Å²) in [7, 11) is 0. The lowest BCUT2D eigenvalue weighted by atomic mass is 10.1. The molecule has 7 nitrogen and oxygen atoms in total. The molecule has 4 rings (SSSR count). The van der Waals surface area contributed by atoms with Gasteiger partial charge >= 0.3 is 5.97 Å². The molecule has 0 fully saturated rings. The van der Waals surface area contributed by atoms with Crippen LogP contribution in [0.2, 0.25) is 0 Å². The van der Waals surface area contributed by atoms with Gasteiger partial charge in [-0.1, -0.05) is 41.6 Å². The summed E-state index contributed by atoms with van der Waals surface area (Å²) in [5, 5.41) is 12.6. The average molecular weight is 404 g/mol. The van der Waals surface area contributed by atoms with E-state index in [4.69, 9.17) is 4.74 Å². The number of hydrogen-bond acceptors (Lipinski definition) is 5. The predicted molar refractivity (Wildman–Crippen MR) is 108 cm³/mol. The van der Waals surface area contributed by atoms with Crippen LogP contribution in [0.1, 0.15) is 16.1 Å². The maximum absolute atomic E-state index is 12.9. The molecule has 3 aromatic carbocycles. The lowest BCUT2D eigenvalue weighted by molar-refractivity contribution is -0.116. The minimum absolute atomic E-state index is 0.0396. The van der Waals surface area contributed by atoms with Gasteiger partial charge in [-0.05, 0) is 35.7 Å². The summed E-state index contributed by atoms with van der Waals surface area (Å²) in [4.78, 5) is 24.4. The number of hydrogen-bond donors (Lipinski definition) is 1. The second-order valence-electron chi connectivity index (χ2n) is 6.57. The van der Waals surface area contributed by atoms with E-state index < -0.39 is 11.8 Å². The van der Waals surface area contributed by atoms with Crippen molar-refractivity contribution in [2.24, 2.45) is 0 Å². The van der Waals surface area contributed by atoms with Crippen LogP contribution >= 0.6 is 0 Å². The van der Waals surface area contributed by atoms with Crippen LogP contribution in [0.5, 0.6) is 0 Å². The number of benzene rings is 3. The fourth-order valence-electron chi connectivity index (χ4n) is 2.96. The van der Waals surface area contributed by atoms with E-state index in [9.17, 15) is 14.0 Å². The van der Waals surface area contributed by atoms with Gasteiger partial charge in [-0.3, -0.25) is 4.79 Å². The molecule has 0 unspecified atom stereocenters.